The number of hydrogen-bond donors (Lipinski definition) is 1. The Morgan fingerprint density at radius 2 is 2.11 bits per heavy atom. The van der Waals surface area contributed by atoms with E-state index in [1.54, 1.807) is 7.05 Å². The van der Waals surface area contributed by atoms with Gasteiger partial charge in [-0.1, -0.05) is 0 Å². The first-order valence-electron chi connectivity index (χ1n) is 6.37. The van der Waals surface area contributed by atoms with Crippen LogP contribution in [0.4, 0.5) is 4.39 Å². The van der Waals surface area contributed by atoms with Gasteiger partial charge < -0.3 is 10.1 Å². The van der Waals surface area contributed by atoms with Crippen LogP contribution in [0.3, 0.4) is 0 Å². The van der Waals surface area contributed by atoms with Crippen molar-refractivity contribution >= 4 is 0 Å². The van der Waals surface area contributed by atoms with Crippen LogP contribution < -0.4 is 5.32 Å². The normalized spacial score (nSPS) is 17.3. The summed E-state index contributed by atoms with van der Waals surface area (Å²) >= 11 is 0. The Bertz CT molecular complexity index is 388. The van der Waals surface area contributed by atoms with Crippen molar-refractivity contribution < 1.29 is 9.13 Å². The summed E-state index contributed by atoms with van der Waals surface area (Å²) in [4.78, 5) is 2.35. The first-order chi connectivity index (χ1) is 8.68. The van der Waals surface area contributed by atoms with E-state index in [9.17, 15) is 4.39 Å². The molecule has 0 atom stereocenters. The highest BCUT2D eigenvalue weighted by molar-refractivity contribution is 5.16. The number of halogens is 1. The molecule has 2 heterocycles. The summed E-state index contributed by atoms with van der Waals surface area (Å²) in [6, 6.07) is 0. The number of nitrogens with zero attached hydrogens (tertiary/aromatic N) is 3. The van der Waals surface area contributed by atoms with Gasteiger partial charge >= 0.3 is 0 Å². The third-order valence-corrected chi connectivity index (χ3v) is 3.28. The molecule has 0 unspecified atom stereocenters. The van der Waals surface area contributed by atoms with Crippen molar-refractivity contribution in [3.63, 3.8) is 0 Å². The number of aryl methyl sites for hydroxylation is 2. The number of rotatable bonds is 5. The fourth-order valence-electron chi connectivity index (χ4n) is 2.15. The van der Waals surface area contributed by atoms with Crippen LogP contribution in [0.25, 0.3) is 0 Å². The molecule has 1 aromatic heterocycles. The van der Waals surface area contributed by atoms with Gasteiger partial charge in [-0.15, -0.1) is 0 Å². The fraction of sp³-hybridized carbons (Fsp3) is 0.750. The molecular formula is C12H21FN4O. The summed E-state index contributed by atoms with van der Waals surface area (Å²) in [7, 11) is 1.62. The van der Waals surface area contributed by atoms with Gasteiger partial charge in [0, 0.05) is 45.3 Å². The molecular weight excluding hydrogens is 235 g/mol. The van der Waals surface area contributed by atoms with Gasteiger partial charge in [0.1, 0.15) is 0 Å². The first kappa shape index (κ1) is 13.5. The largest absolute Gasteiger partial charge is 0.379 e. The van der Waals surface area contributed by atoms with E-state index in [4.69, 9.17) is 4.74 Å². The molecule has 0 aliphatic carbocycles. The molecule has 0 amide bonds. The molecule has 1 aliphatic rings. The van der Waals surface area contributed by atoms with E-state index in [1.165, 1.54) is 4.68 Å². The molecule has 1 N–H and O–H groups in total. The van der Waals surface area contributed by atoms with Crippen LogP contribution in [0.2, 0.25) is 0 Å². The monoisotopic (exact) mass is 256 g/mol. The molecule has 1 aliphatic heterocycles. The van der Waals surface area contributed by atoms with Crippen molar-refractivity contribution in [2.75, 3.05) is 39.4 Å². The second-order valence-corrected chi connectivity index (χ2v) is 4.61. The maximum atomic E-state index is 13.6. The summed E-state index contributed by atoms with van der Waals surface area (Å²) in [6.45, 7) is 7.81. The van der Waals surface area contributed by atoms with Crippen LogP contribution in [0.15, 0.2) is 0 Å². The van der Waals surface area contributed by atoms with Crippen LogP contribution >= 0.6 is 0 Å². The van der Waals surface area contributed by atoms with Crippen molar-refractivity contribution in [3.8, 4) is 0 Å². The Labute approximate surface area is 107 Å². The lowest BCUT2D eigenvalue weighted by Gasteiger charge is -2.26. The van der Waals surface area contributed by atoms with Gasteiger partial charge in [-0.2, -0.15) is 9.49 Å². The maximum Gasteiger partial charge on any atom is 0.215 e. The van der Waals surface area contributed by atoms with Crippen LogP contribution in [-0.4, -0.2) is 54.1 Å². The third-order valence-electron chi connectivity index (χ3n) is 3.28. The van der Waals surface area contributed by atoms with Gasteiger partial charge in [-0.05, 0) is 6.92 Å². The summed E-state index contributed by atoms with van der Waals surface area (Å²) in [5.74, 6) is -0.244. The lowest BCUT2D eigenvalue weighted by Crippen LogP contribution is -2.40. The molecule has 6 heteroatoms. The first-order valence-corrected chi connectivity index (χ1v) is 6.37. The Hall–Kier alpha value is -0.980. The topological polar surface area (TPSA) is 42.3 Å². The number of hydrogen-bond acceptors (Lipinski definition) is 4. The summed E-state index contributed by atoms with van der Waals surface area (Å²) in [6.07, 6.45) is 0. The molecule has 1 saturated heterocycles. The predicted octanol–water partition coefficient (Wildman–Crippen LogP) is 0.289. The summed E-state index contributed by atoms with van der Waals surface area (Å²) < 4.78 is 20.2. The van der Waals surface area contributed by atoms with Crippen molar-refractivity contribution in [2.45, 2.75) is 13.5 Å². The number of morpholine rings is 1. The van der Waals surface area contributed by atoms with E-state index in [1.807, 2.05) is 6.92 Å². The average molecular weight is 256 g/mol. The SMILES string of the molecule is Cc1nn(C)c(F)c1CNCCN1CCOCC1. The van der Waals surface area contributed by atoms with Gasteiger partial charge in [0.15, 0.2) is 0 Å². The lowest BCUT2D eigenvalue weighted by atomic mass is 10.2. The van der Waals surface area contributed by atoms with Crippen LogP contribution in [0, 0.1) is 12.9 Å². The molecule has 102 valence electrons. The van der Waals surface area contributed by atoms with E-state index < -0.39 is 0 Å². The maximum absolute atomic E-state index is 13.6. The minimum Gasteiger partial charge on any atom is -0.379 e. The second-order valence-electron chi connectivity index (χ2n) is 4.61. The van der Waals surface area contributed by atoms with Crippen molar-refractivity contribution in [1.82, 2.24) is 20.0 Å². The third kappa shape index (κ3) is 3.28. The van der Waals surface area contributed by atoms with Gasteiger partial charge in [0.25, 0.3) is 0 Å². The van der Waals surface area contributed by atoms with Crippen LogP contribution in [-0.2, 0) is 18.3 Å². The molecule has 2 rings (SSSR count). The molecule has 18 heavy (non-hydrogen) atoms. The van der Waals surface area contributed by atoms with E-state index in [2.05, 4.69) is 15.3 Å². The second kappa shape index (κ2) is 6.26. The van der Waals surface area contributed by atoms with E-state index in [0.717, 1.165) is 45.1 Å². The molecule has 1 fully saturated rings. The molecule has 0 saturated carbocycles. The van der Waals surface area contributed by atoms with Gasteiger partial charge in [0.2, 0.25) is 5.95 Å². The lowest BCUT2D eigenvalue weighted by molar-refractivity contribution is 0.0384. The standard InChI is InChI=1S/C12H21FN4O/c1-10-11(12(13)16(2)15-10)9-14-3-4-17-5-7-18-8-6-17/h14H,3-9H2,1-2H3. The Morgan fingerprint density at radius 1 is 1.39 bits per heavy atom. The smallest absolute Gasteiger partial charge is 0.215 e. The predicted molar refractivity (Wildman–Crippen MR) is 66.9 cm³/mol. The average Bonchev–Trinajstić information content (AvgIpc) is 2.61. The van der Waals surface area contributed by atoms with E-state index >= 15 is 0 Å². The minimum absolute atomic E-state index is 0.244. The quantitative estimate of drug-likeness (QED) is 0.769. The van der Waals surface area contributed by atoms with Crippen molar-refractivity contribution in [2.24, 2.45) is 7.05 Å². The van der Waals surface area contributed by atoms with Gasteiger partial charge in [-0.3, -0.25) is 4.90 Å². The van der Waals surface area contributed by atoms with E-state index in [0.29, 0.717) is 12.1 Å². The zero-order valence-electron chi connectivity index (χ0n) is 11.1. The highest BCUT2D eigenvalue weighted by Gasteiger charge is 2.13. The van der Waals surface area contributed by atoms with Crippen LogP contribution in [0.5, 0.6) is 0 Å². The summed E-state index contributed by atoms with van der Waals surface area (Å²) in [5.41, 5.74) is 1.42. The van der Waals surface area contributed by atoms with Gasteiger partial charge in [0.05, 0.1) is 18.9 Å². The highest BCUT2D eigenvalue weighted by Crippen LogP contribution is 2.10. The van der Waals surface area contributed by atoms with E-state index in [-0.39, 0.29) is 5.95 Å². The molecule has 0 spiro atoms. The number of nitrogens with one attached hydrogen (secondary N) is 1. The number of aromatic nitrogens is 2. The molecule has 0 bridgehead atoms. The van der Waals surface area contributed by atoms with Gasteiger partial charge in [-0.25, -0.2) is 4.68 Å². The Morgan fingerprint density at radius 3 is 2.72 bits per heavy atom. The minimum atomic E-state index is -0.244. The molecule has 0 aromatic carbocycles. The fourth-order valence-corrected chi connectivity index (χ4v) is 2.15. The zero-order valence-corrected chi connectivity index (χ0v) is 11.1. The zero-order chi connectivity index (χ0) is 13.0. The molecule has 5 nitrogen and oxygen atoms in total. The highest BCUT2D eigenvalue weighted by atomic mass is 19.1. The summed E-state index contributed by atoms with van der Waals surface area (Å²) in [5, 5.41) is 7.32. The number of ether oxygens (including phenoxy) is 1. The van der Waals surface area contributed by atoms with Crippen LogP contribution in [0.1, 0.15) is 11.3 Å². The molecule has 0 radical (unpaired) electrons. The Kier molecular flexibility index (Phi) is 4.68. The van der Waals surface area contributed by atoms with Crippen molar-refractivity contribution in [3.05, 3.63) is 17.2 Å². The van der Waals surface area contributed by atoms with Crippen molar-refractivity contribution in [1.29, 1.82) is 0 Å². The Balaban J connectivity index is 1.71. The molecule has 1 aromatic rings.